The standard InChI is InChI=1S/C21H28N4O3S/c1-28-14-13-22-20(26)15-29-18-10-6-5-9-17(18)21(27)24-19-11-12-23-25(19)16-7-3-2-4-8-16/h5-6,9-12,16H,2-4,7-8,13-15H2,1H3,(H,22,26)(H,24,27). The SMILES string of the molecule is COCCNC(=O)CSc1ccccc1C(=O)Nc1ccnn1C1CCCCC1. The van der Waals surface area contributed by atoms with Gasteiger partial charge in [0.2, 0.25) is 5.91 Å². The van der Waals surface area contributed by atoms with Crippen LogP contribution in [0.25, 0.3) is 0 Å². The molecule has 1 aromatic carbocycles. The van der Waals surface area contributed by atoms with Gasteiger partial charge in [-0.15, -0.1) is 11.8 Å². The maximum Gasteiger partial charge on any atom is 0.257 e. The van der Waals surface area contributed by atoms with Crippen LogP contribution in [-0.2, 0) is 9.53 Å². The number of carbonyl (C=O) groups excluding carboxylic acids is 2. The highest BCUT2D eigenvalue weighted by molar-refractivity contribution is 8.00. The highest BCUT2D eigenvalue weighted by atomic mass is 32.2. The molecule has 0 spiro atoms. The molecule has 1 saturated carbocycles. The molecule has 1 aromatic heterocycles. The van der Waals surface area contributed by atoms with Crippen molar-refractivity contribution in [1.82, 2.24) is 15.1 Å². The van der Waals surface area contributed by atoms with Crippen LogP contribution in [0.3, 0.4) is 0 Å². The lowest BCUT2D eigenvalue weighted by molar-refractivity contribution is -0.118. The second-order valence-electron chi connectivity index (χ2n) is 7.03. The van der Waals surface area contributed by atoms with Gasteiger partial charge in [-0.1, -0.05) is 31.4 Å². The van der Waals surface area contributed by atoms with E-state index in [1.54, 1.807) is 19.4 Å². The number of nitrogens with zero attached hydrogens (tertiary/aromatic N) is 2. The molecule has 0 saturated heterocycles. The third-order valence-corrected chi connectivity index (χ3v) is 6.02. The number of carbonyl (C=O) groups is 2. The zero-order valence-corrected chi connectivity index (χ0v) is 17.5. The van der Waals surface area contributed by atoms with Crippen molar-refractivity contribution >= 4 is 29.4 Å². The van der Waals surface area contributed by atoms with Crippen molar-refractivity contribution in [2.45, 2.75) is 43.0 Å². The zero-order chi connectivity index (χ0) is 20.5. The lowest BCUT2D eigenvalue weighted by Crippen LogP contribution is -2.28. The van der Waals surface area contributed by atoms with E-state index < -0.39 is 0 Å². The number of rotatable bonds is 9. The molecule has 1 fully saturated rings. The van der Waals surface area contributed by atoms with Gasteiger partial charge in [-0.2, -0.15) is 5.10 Å². The van der Waals surface area contributed by atoms with Gasteiger partial charge in [0.15, 0.2) is 0 Å². The van der Waals surface area contributed by atoms with E-state index in [1.807, 2.05) is 28.9 Å². The number of benzene rings is 1. The van der Waals surface area contributed by atoms with E-state index in [0.717, 1.165) is 23.6 Å². The van der Waals surface area contributed by atoms with Crippen LogP contribution in [0, 0.1) is 0 Å². The maximum atomic E-state index is 12.9. The summed E-state index contributed by atoms with van der Waals surface area (Å²) in [5.41, 5.74) is 0.554. The predicted molar refractivity (Wildman–Crippen MR) is 114 cm³/mol. The Morgan fingerprint density at radius 1 is 1.21 bits per heavy atom. The molecule has 0 radical (unpaired) electrons. The number of hydrogen-bond acceptors (Lipinski definition) is 5. The Labute approximate surface area is 175 Å². The number of aromatic nitrogens is 2. The van der Waals surface area contributed by atoms with E-state index >= 15 is 0 Å². The van der Waals surface area contributed by atoms with Gasteiger partial charge in [-0.05, 0) is 25.0 Å². The first-order chi connectivity index (χ1) is 14.2. The van der Waals surface area contributed by atoms with Crippen LogP contribution < -0.4 is 10.6 Å². The van der Waals surface area contributed by atoms with Crippen molar-refractivity contribution in [2.24, 2.45) is 0 Å². The smallest absolute Gasteiger partial charge is 0.257 e. The second kappa shape index (κ2) is 11.0. The first-order valence-electron chi connectivity index (χ1n) is 10.0. The monoisotopic (exact) mass is 416 g/mol. The van der Waals surface area contributed by atoms with Gasteiger partial charge in [-0.25, -0.2) is 4.68 Å². The molecule has 0 unspecified atom stereocenters. The van der Waals surface area contributed by atoms with Crippen LogP contribution in [-0.4, -0.2) is 47.6 Å². The van der Waals surface area contributed by atoms with Crippen molar-refractivity contribution in [3.05, 3.63) is 42.1 Å². The van der Waals surface area contributed by atoms with Gasteiger partial charge in [0.1, 0.15) is 5.82 Å². The first-order valence-corrected chi connectivity index (χ1v) is 11.0. The molecule has 156 valence electrons. The first kappa shape index (κ1) is 21.4. The molecule has 2 aromatic rings. The van der Waals surface area contributed by atoms with Crippen molar-refractivity contribution in [2.75, 3.05) is 31.3 Å². The normalized spacial score (nSPS) is 14.5. The Morgan fingerprint density at radius 2 is 2.00 bits per heavy atom. The summed E-state index contributed by atoms with van der Waals surface area (Å²) >= 11 is 1.35. The van der Waals surface area contributed by atoms with E-state index in [9.17, 15) is 9.59 Å². The number of amides is 2. The lowest BCUT2D eigenvalue weighted by atomic mass is 9.96. The summed E-state index contributed by atoms with van der Waals surface area (Å²) < 4.78 is 6.87. The van der Waals surface area contributed by atoms with Gasteiger partial charge in [0, 0.05) is 24.6 Å². The second-order valence-corrected chi connectivity index (χ2v) is 8.05. The fourth-order valence-electron chi connectivity index (χ4n) is 3.48. The summed E-state index contributed by atoms with van der Waals surface area (Å²) in [6.07, 6.45) is 7.58. The number of ether oxygens (including phenoxy) is 1. The maximum absolute atomic E-state index is 12.9. The molecule has 2 amide bonds. The van der Waals surface area contributed by atoms with Crippen LogP contribution in [0.2, 0.25) is 0 Å². The summed E-state index contributed by atoms with van der Waals surface area (Å²) in [4.78, 5) is 25.7. The van der Waals surface area contributed by atoms with E-state index in [-0.39, 0.29) is 17.6 Å². The minimum atomic E-state index is -0.189. The third-order valence-electron chi connectivity index (χ3n) is 4.95. The van der Waals surface area contributed by atoms with Crippen molar-refractivity contribution in [3.8, 4) is 0 Å². The summed E-state index contributed by atoms with van der Waals surface area (Å²) in [5.74, 6) is 0.690. The van der Waals surface area contributed by atoms with Crippen LogP contribution in [0.15, 0.2) is 41.4 Å². The lowest BCUT2D eigenvalue weighted by Gasteiger charge is -2.24. The minimum absolute atomic E-state index is 0.0855. The third kappa shape index (κ3) is 6.08. The van der Waals surface area contributed by atoms with E-state index in [0.29, 0.717) is 24.8 Å². The van der Waals surface area contributed by atoms with Crippen LogP contribution in [0.4, 0.5) is 5.82 Å². The number of hydrogen-bond donors (Lipinski definition) is 2. The Bertz CT molecular complexity index is 818. The Morgan fingerprint density at radius 3 is 2.79 bits per heavy atom. The van der Waals surface area contributed by atoms with Gasteiger partial charge in [0.05, 0.1) is 30.2 Å². The van der Waals surface area contributed by atoms with Crippen molar-refractivity contribution in [1.29, 1.82) is 0 Å². The summed E-state index contributed by atoms with van der Waals surface area (Å²) in [7, 11) is 1.59. The molecule has 0 atom stereocenters. The molecular weight excluding hydrogens is 388 g/mol. The molecular formula is C21H28N4O3S. The summed E-state index contributed by atoms with van der Waals surface area (Å²) in [6, 6.07) is 9.52. The number of anilines is 1. The topological polar surface area (TPSA) is 85.2 Å². The molecule has 3 rings (SSSR count). The molecule has 29 heavy (non-hydrogen) atoms. The minimum Gasteiger partial charge on any atom is -0.383 e. The van der Waals surface area contributed by atoms with Gasteiger partial charge < -0.3 is 15.4 Å². The van der Waals surface area contributed by atoms with E-state index in [1.165, 1.54) is 31.0 Å². The van der Waals surface area contributed by atoms with Crippen molar-refractivity contribution < 1.29 is 14.3 Å². The summed E-state index contributed by atoms with van der Waals surface area (Å²) in [6.45, 7) is 0.952. The fourth-order valence-corrected chi connectivity index (χ4v) is 4.36. The molecule has 1 heterocycles. The molecule has 1 aliphatic carbocycles. The molecule has 8 heteroatoms. The molecule has 2 N–H and O–H groups in total. The quantitative estimate of drug-likeness (QED) is 0.483. The Balaban J connectivity index is 1.63. The molecule has 7 nitrogen and oxygen atoms in total. The van der Waals surface area contributed by atoms with Crippen molar-refractivity contribution in [3.63, 3.8) is 0 Å². The Kier molecular flexibility index (Phi) is 8.13. The van der Waals surface area contributed by atoms with E-state index in [2.05, 4.69) is 15.7 Å². The number of methoxy groups -OCH3 is 1. The van der Waals surface area contributed by atoms with Crippen LogP contribution in [0.1, 0.15) is 48.5 Å². The largest absolute Gasteiger partial charge is 0.383 e. The van der Waals surface area contributed by atoms with Gasteiger partial charge >= 0.3 is 0 Å². The average molecular weight is 417 g/mol. The van der Waals surface area contributed by atoms with Gasteiger partial charge in [0.25, 0.3) is 5.91 Å². The zero-order valence-electron chi connectivity index (χ0n) is 16.7. The fraction of sp³-hybridized carbons (Fsp3) is 0.476. The number of nitrogens with one attached hydrogen (secondary N) is 2. The van der Waals surface area contributed by atoms with Crippen LogP contribution >= 0.6 is 11.8 Å². The predicted octanol–water partition coefficient (Wildman–Crippen LogP) is 3.50. The molecule has 1 aliphatic rings. The summed E-state index contributed by atoms with van der Waals surface area (Å²) in [5, 5.41) is 10.2. The average Bonchev–Trinajstić information content (AvgIpc) is 3.21. The highest BCUT2D eigenvalue weighted by Gasteiger charge is 2.20. The number of thioether (sulfide) groups is 1. The van der Waals surface area contributed by atoms with Crippen LogP contribution in [0.5, 0.6) is 0 Å². The van der Waals surface area contributed by atoms with Gasteiger partial charge in [-0.3, -0.25) is 9.59 Å². The molecule has 0 bridgehead atoms. The molecule has 0 aliphatic heterocycles. The highest BCUT2D eigenvalue weighted by Crippen LogP contribution is 2.30. The van der Waals surface area contributed by atoms with E-state index in [4.69, 9.17) is 4.74 Å². The Hall–Kier alpha value is -2.32.